The molecule has 0 bridgehead atoms. The topological polar surface area (TPSA) is 39.9 Å². The lowest BCUT2D eigenvalue weighted by molar-refractivity contribution is 0.271. The predicted octanol–water partition coefficient (Wildman–Crippen LogP) is 3.46. The molecule has 2 aromatic heterocycles. The number of ether oxygens (including phenoxy) is 1. The van der Waals surface area contributed by atoms with E-state index in [-0.39, 0.29) is 0 Å². The molecule has 0 saturated heterocycles. The summed E-state index contributed by atoms with van der Waals surface area (Å²) in [7, 11) is 0. The SMILES string of the molecule is CC(C)COc1ccc2nn(-c3cccnc3)cc2c1. The van der Waals surface area contributed by atoms with E-state index in [2.05, 4.69) is 23.9 Å². The van der Waals surface area contributed by atoms with Gasteiger partial charge in [-0.05, 0) is 36.2 Å². The van der Waals surface area contributed by atoms with Crippen LogP contribution in [0.3, 0.4) is 0 Å². The lowest BCUT2D eigenvalue weighted by Crippen LogP contribution is -2.04. The van der Waals surface area contributed by atoms with E-state index in [9.17, 15) is 0 Å². The van der Waals surface area contributed by atoms with Crippen molar-refractivity contribution in [1.82, 2.24) is 14.8 Å². The van der Waals surface area contributed by atoms with Crippen molar-refractivity contribution in [3.8, 4) is 11.4 Å². The fourth-order valence-corrected chi connectivity index (χ4v) is 1.98. The largest absolute Gasteiger partial charge is 0.493 e. The summed E-state index contributed by atoms with van der Waals surface area (Å²) in [6.07, 6.45) is 5.54. The molecule has 4 nitrogen and oxygen atoms in total. The zero-order valence-electron chi connectivity index (χ0n) is 11.7. The molecule has 0 aliphatic rings. The molecule has 3 rings (SSSR count). The van der Waals surface area contributed by atoms with E-state index in [1.54, 1.807) is 12.4 Å². The zero-order valence-corrected chi connectivity index (χ0v) is 11.7. The average Bonchev–Trinajstić information content (AvgIpc) is 2.89. The molecule has 4 heteroatoms. The molecular formula is C16H17N3O. The summed E-state index contributed by atoms with van der Waals surface area (Å²) in [6.45, 7) is 5.00. The van der Waals surface area contributed by atoms with Gasteiger partial charge in [-0.3, -0.25) is 4.98 Å². The zero-order chi connectivity index (χ0) is 13.9. The molecule has 0 fully saturated rings. The predicted molar refractivity (Wildman–Crippen MR) is 79.2 cm³/mol. The monoisotopic (exact) mass is 267 g/mol. The number of benzene rings is 1. The van der Waals surface area contributed by atoms with Crippen molar-refractivity contribution >= 4 is 10.9 Å². The third kappa shape index (κ3) is 2.64. The summed E-state index contributed by atoms with van der Waals surface area (Å²) < 4.78 is 7.58. The van der Waals surface area contributed by atoms with Gasteiger partial charge in [-0.15, -0.1) is 0 Å². The van der Waals surface area contributed by atoms with Gasteiger partial charge in [-0.2, -0.15) is 5.10 Å². The van der Waals surface area contributed by atoms with Crippen molar-refractivity contribution in [2.75, 3.05) is 6.61 Å². The van der Waals surface area contributed by atoms with E-state index in [0.717, 1.165) is 28.9 Å². The van der Waals surface area contributed by atoms with Gasteiger partial charge in [0.05, 0.1) is 24.0 Å². The van der Waals surface area contributed by atoms with Crippen molar-refractivity contribution < 1.29 is 4.74 Å². The van der Waals surface area contributed by atoms with Gasteiger partial charge in [0.2, 0.25) is 0 Å². The van der Waals surface area contributed by atoms with Crippen LogP contribution in [0, 0.1) is 5.92 Å². The first-order valence-electron chi connectivity index (χ1n) is 6.75. The molecule has 20 heavy (non-hydrogen) atoms. The number of pyridine rings is 1. The third-order valence-corrected chi connectivity index (χ3v) is 2.97. The highest BCUT2D eigenvalue weighted by molar-refractivity contribution is 5.80. The van der Waals surface area contributed by atoms with Crippen LogP contribution in [-0.4, -0.2) is 21.4 Å². The van der Waals surface area contributed by atoms with Gasteiger partial charge in [-0.1, -0.05) is 13.8 Å². The van der Waals surface area contributed by atoms with E-state index in [4.69, 9.17) is 4.74 Å². The number of hydrogen-bond acceptors (Lipinski definition) is 3. The van der Waals surface area contributed by atoms with Crippen LogP contribution >= 0.6 is 0 Å². The highest BCUT2D eigenvalue weighted by Crippen LogP contribution is 2.21. The maximum Gasteiger partial charge on any atom is 0.120 e. The molecule has 0 aliphatic heterocycles. The minimum Gasteiger partial charge on any atom is -0.493 e. The van der Waals surface area contributed by atoms with Gasteiger partial charge >= 0.3 is 0 Å². The molecule has 0 saturated carbocycles. The Morgan fingerprint density at radius 3 is 2.90 bits per heavy atom. The van der Waals surface area contributed by atoms with Crippen molar-refractivity contribution in [2.45, 2.75) is 13.8 Å². The van der Waals surface area contributed by atoms with E-state index in [1.165, 1.54) is 0 Å². The first-order chi connectivity index (χ1) is 9.72. The molecule has 0 N–H and O–H groups in total. The summed E-state index contributed by atoms with van der Waals surface area (Å²) in [4.78, 5) is 4.11. The Hall–Kier alpha value is -2.36. The van der Waals surface area contributed by atoms with E-state index >= 15 is 0 Å². The van der Waals surface area contributed by atoms with Crippen LogP contribution in [0.15, 0.2) is 48.9 Å². The summed E-state index contributed by atoms with van der Waals surface area (Å²) in [5.41, 5.74) is 1.90. The van der Waals surface area contributed by atoms with Crippen molar-refractivity contribution in [3.63, 3.8) is 0 Å². The Bertz CT molecular complexity index is 704. The summed E-state index contributed by atoms with van der Waals surface area (Å²) >= 11 is 0. The van der Waals surface area contributed by atoms with Gasteiger partial charge in [0.15, 0.2) is 0 Å². The fourth-order valence-electron chi connectivity index (χ4n) is 1.98. The lowest BCUT2D eigenvalue weighted by atomic mass is 10.2. The molecule has 0 atom stereocenters. The Morgan fingerprint density at radius 1 is 1.25 bits per heavy atom. The molecule has 0 amide bonds. The fraction of sp³-hybridized carbons (Fsp3) is 0.250. The normalized spacial score (nSPS) is 11.2. The van der Waals surface area contributed by atoms with Crippen LogP contribution in [0.4, 0.5) is 0 Å². The second-order valence-corrected chi connectivity index (χ2v) is 5.21. The highest BCUT2D eigenvalue weighted by atomic mass is 16.5. The van der Waals surface area contributed by atoms with Crippen LogP contribution in [0.2, 0.25) is 0 Å². The lowest BCUT2D eigenvalue weighted by Gasteiger charge is -2.07. The molecule has 0 aliphatic carbocycles. The van der Waals surface area contributed by atoms with Gasteiger partial charge in [0.25, 0.3) is 0 Å². The first-order valence-corrected chi connectivity index (χ1v) is 6.75. The Balaban J connectivity index is 1.91. The summed E-state index contributed by atoms with van der Waals surface area (Å²) in [6, 6.07) is 9.86. The van der Waals surface area contributed by atoms with Gasteiger partial charge < -0.3 is 4.74 Å². The maximum absolute atomic E-state index is 5.74. The van der Waals surface area contributed by atoms with Crippen LogP contribution in [0.25, 0.3) is 16.6 Å². The second kappa shape index (κ2) is 5.33. The smallest absolute Gasteiger partial charge is 0.120 e. The third-order valence-electron chi connectivity index (χ3n) is 2.97. The second-order valence-electron chi connectivity index (χ2n) is 5.21. The van der Waals surface area contributed by atoms with Crippen molar-refractivity contribution in [2.24, 2.45) is 5.92 Å². The molecule has 2 heterocycles. The molecular weight excluding hydrogens is 250 g/mol. The molecule has 0 radical (unpaired) electrons. The van der Waals surface area contributed by atoms with Gasteiger partial charge in [-0.25, -0.2) is 4.68 Å². The molecule has 102 valence electrons. The number of fused-ring (bicyclic) bond motifs is 1. The molecule has 0 unspecified atom stereocenters. The van der Waals surface area contributed by atoms with Crippen LogP contribution in [0.1, 0.15) is 13.8 Å². The van der Waals surface area contributed by atoms with Gasteiger partial charge in [0.1, 0.15) is 5.75 Å². The Labute approximate surface area is 118 Å². The van der Waals surface area contributed by atoms with Gasteiger partial charge in [0, 0.05) is 17.8 Å². The van der Waals surface area contributed by atoms with E-state index in [1.807, 2.05) is 41.2 Å². The van der Waals surface area contributed by atoms with E-state index in [0.29, 0.717) is 5.92 Å². The Morgan fingerprint density at radius 2 is 2.15 bits per heavy atom. The minimum atomic E-state index is 0.517. The van der Waals surface area contributed by atoms with Crippen molar-refractivity contribution in [1.29, 1.82) is 0 Å². The summed E-state index contributed by atoms with van der Waals surface area (Å²) in [5, 5.41) is 5.61. The highest BCUT2D eigenvalue weighted by Gasteiger charge is 2.05. The Kier molecular flexibility index (Phi) is 3.37. The quantitative estimate of drug-likeness (QED) is 0.726. The number of rotatable bonds is 4. The van der Waals surface area contributed by atoms with Crippen LogP contribution in [-0.2, 0) is 0 Å². The average molecular weight is 267 g/mol. The standard InChI is InChI=1S/C16H17N3O/c1-12(2)11-20-15-5-6-16-13(8-15)10-19(18-16)14-4-3-7-17-9-14/h3-10,12H,11H2,1-2H3. The maximum atomic E-state index is 5.74. The number of hydrogen-bond donors (Lipinski definition) is 0. The first kappa shape index (κ1) is 12.7. The van der Waals surface area contributed by atoms with Crippen molar-refractivity contribution in [3.05, 3.63) is 48.9 Å². The van der Waals surface area contributed by atoms with E-state index < -0.39 is 0 Å². The van der Waals surface area contributed by atoms with Crippen LogP contribution in [0.5, 0.6) is 5.75 Å². The molecule has 3 aromatic rings. The molecule has 0 spiro atoms. The number of nitrogens with zero attached hydrogens (tertiary/aromatic N) is 3. The summed E-state index contributed by atoms with van der Waals surface area (Å²) in [5.74, 6) is 1.40. The number of aromatic nitrogens is 3. The molecule has 1 aromatic carbocycles. The minimum absolute atomic E-state index is 0.517. The van der Waals surface area contributed by atoms with Crippen LogP contribution < -0.4 is 4.74 Å².